The first-order chi connectivity index (χ1) is 5.86. The Morgan fingerprint density at radius 1 is 1.33 bits per heavy atom. The van der Waals surface area contributed by atoms with Crippen molar-refractivity contribution in [2.75, 3.05) is 0 Å². The van der Waals surface area contributed by atoms with Crippen LogP contribution in [0.3, 0.4) is 0 Å². The summed E-state index contributed by atoms with van der Waals surface area (Å²) in [6.45, 7) is 0. The summed E-state index contributed by atoms with van der Waals surface area (Å²) in [5, 5.41) is 3.76. The van der Waals surface area contributed by atoms with Crippen LogP contribution in [0.1, 0.15) is 0 Å². The Balaban J connectivity index is 2.48. The molecule has 0 radical (unpaired) electrons. The van der Waals surface area contributed by atoms with E-state index in [0.29, 0.717) is 11.5 Å². The average Bonchev–Trinajstić information content (AvgIpc) is 2.56. The van der Waals surface area contributed by atoms with E-state index in [-0.39, 0.29) is 5.28 Å². The molecule has 2 rings (SSSR count). The van der Waals surface area contributed by atoms with E-state index in [1.807, 2.05) is 0 Å². The van der Waals surface area contributed by atoms with Crippen LogP contribution >= 0.6 is 11.6 Å². The molecule has 0 spiro atoms. The van der Waals surface area contributed by atoms with Gasteiger partial charge in [-0.05, 0) is 17.7 Å². The molecule has 2 heterocycles. The highest BCUT2D eigenvalue weighted by Gasteiger charge is 2.04. The van der Waals surface area contributed by atoms with Gasteiger partial charge in [0.1, 0.15) is 5.69 Å². The van der Waals surface area contributed by atoms with Crippen molar-refractivity contribution in [3.8, 4) is 11.5 Å². The molecule has 0 N–H and O–H groups in total. The van der Waals surface area contributed by atoms with Gasteiger partial charge in [-0.3, -0.25) is 0 Å². The van der Waals surface area contributed by atoms with Gasteiger partial charge in [-0.1, -0.05) is 5.16 Å². The highest BCUT2D eigenvalue weighted by Crippen LogP contribution is 2.11. The third-order valence-electron chi connectivity index (χ3n) is 1.22. The molecule has 0 aliphatic carbocycles. The van der Waals surface area contributed by atoms with Gasteiger partial charge in [-0.25, -0.2) is 9.97 Å². The zero-order chi connectivity index (χ0) is 8.39. The van der Waals surface area contributed by atoms with E-state index in [2.05, 4.69) is 24.6 Å². The molecular weight excluding hydrogens is 180 g/mol. The van der Waals surface area contributed by atoms with Crippen molar-refractivity contribution in [1.29, 1.82) is 0 Å². The molecule has 60 valence electrons. The lowest BCUT2D eigenvalue weighted by molar-refractivity contribution is 0.418. The van der Waals surface area contributed by atoms with Crippen LogP contribution in [-0.2, 0) is 0 Å². The molecular formula is C6H3ClN4O. The topological polar surface area (TPSA) is 64.7 Å². The third kappa shape index (κ3) is 1.26. The van der Waals surface area contributed by atoms with Crippen LogP contribution in [0.25, 0.3) is 11.5 Å². The summed E-state index contributed by atoms with van der Waals surface area (Å²) >= 11 is 5.55. The highest BCUT2D eigenvalue weighted by molar-refractivity contribution is 6.28. The summed E-state index contributed by atoms with van der Waals surface area (Å²) in [5.74, 6) is 0.402. The first-order valence-corrected chi connectivity index (χ1v) is 3.49. The number of nitrogens with zero attached hydrogens (tertiary/aromatic N) is 4. The van der Waals surface area contributed by atoms with Crippen LogP contribution in [0.2, 0.25) is 5.28 Å². The molecule has 12 heavy (non-hydrogen) atoms. The smallest absolute Gasteiger partial charge is 0.222 e. The molecule has 0 fully saturated rings. The summed E-state index contributed by atoms with van der Waals surface area (Å²) in [6, 6.07) is 1.65. The van der Waals surface area contributed by atoms with E-state index in [4.69, 9.17) is 11.6 Å². The van der Waals surface area contributed by atoms with Crippen LogP contribution in [0.5, 0.6) is 0 Å². The van der Waals surface area contributed by atoms with Gasteiger partial charge in [0.05, 0.1) is 0 Å². The van der Waals surface area contributed by atoms with Crippen molar-refractivity contribution in [2.45, 2.75) is 0 Å². The van der Waals surface area contributed by atoms with Gasteiger partial charge >= 0.3 is 0 Å². The lowest BCUT2D eigenvalue weighted by atomic mass is 10.4. The predicted octanol–water partition coefficient (Wildman–Crippen LogP) is 1.18. The molecule has 0 aliphatic heterocycles. The molecule has 0 unspecified atom stereocenters. The highest BCUT2D eigenvalue weighted by atomic mass is 35.5. The minimum atomic E-state index is 0.164. The maximum absolute atomic E-state index is 5.55. The van der Waals surface area contributed by atoms with Crippen molar-refractivity contribution in [2.24, 2.45) is 0 Å². The fraction of sp³-hybridized carbons (Fsp3) is 0. The van der Waals surface area contributed by atoms with E-state index in [1.165, 1.54) is 12.6 Å². The monoisotopic (exact) mass is 182 g/mol. The number of hydrogen-bond acceptors (Lipinski definition) is 5. The Morgan fingerprint density at radius 3 is 2.92 bits per heavy atom. The second kappa shape index (κ2) is 2.86. The fourth-order valence-corrected chi connectivity index (χ4v) is 0.890. The minimum absolute atomic E-state index is 0.164. The number of halogens is 1. The summed E-state index contributed by atoms with van der Waals surface area (Å²) in [5.41, 5.74) is 0.545. The second-order valence-corrected chi connectivity index (χ2v) is 2.30. The number of aromatic nitrogens is 4. The summed E-state index contributed by atoms with van der Waals surface area (Å²) in [7, 11) is 0. The Bertz CT molecular complexity index is 375. The third-order valence-corrected chi connectivity index (χ3v) is 1.40. The van der Waals surface area contributed by atoms with Gasteiger partial charge in [0, 0.05) is 6.20 Å². The number of rotatable bonds is 1. The Morgan fingerprint density at radius 2 is 2.25 bits per heavy atom. The molecule has 0 aliphatic rings. The van der Waals surface area contributed by atoms with Crippen LogP contribution < -0.4 is 0 Å². The summed E-state index contributed by atoms with van der Waals surface area (Å²) < 4.78 is 4.54. The van der Waals surface area contributed by atoms with Crippen LogP contribution in [-0.4, -0.2) is 20.1 Å². The molecule has 6 heteroatoms. The molecule has 0 aromatic carbocycles. The fourth-order valence-electron chi connectivity index (χ4n) is 0.743. The van der Waals surface area contributed by atoms with E-state index in [9.17, 15) is 0 Å². The van der Waals surface area contributed by atoms with E-state index >= 15 is 0 Å². The van der Waals surface area contributed by atoms with Gasteiger partial charge in [0.25, 0.3) is 0 Å². The van der Waals surface area contributed by atoms with Gasteiger partial charge in [0.15, 0.2) is 0 Å². The van der Waals surface area contributed by atoms with Crippen molar-refractivity contribution in [1.82, 2.24) is 20.1 Å². The molecule has 0 saturated heterocycles. The van der Waals surface area contributed by atoms with Crippen LogP contribution in [0.15, 0.2) is 23.2 Å². The Kier molecular flexibility index (Phi) is 1.71. The Hall–Kier alpha value is -1.49. The quantitative estimate of drug-likeness (QED) is 0.620. The summed E-state index contributed by atoms with van der Waals surface area (Å²) in [4.78, 5) is 11.4. The van der Waals surface area contributed by atoms with Crippen molar-refractivity contribution in [3.63, 3.8) is 0 Å². The van der Waals surface area contributed by atoms with Crippen molar-refractivity contribution < 1.29 is 4.52 Å². The van der Waals surface area contributed by atoms with Crippen molar-refractivity contribution in [3.05, 3.63) is 23.9 Å². The van der Waals surface area contributed by atoms with E-state index < -0.39 is 0 Å². The maximum Gasteiger partial charge on any atom is 0.222 e. The van der Waals surface area contributed by atoms with Crippen molar-refractivity contribution >= 4 is 11.6 Å². The second-order valence-electron chi connectivity index (χ2n) is 1.97. The normalized spacial score (nSPS) is 10.1. The summed E-state index contributed by atoms with van der Waals surface area (Å²) in [6.07, 6.45) is 2.76. The van der Waals surface area contributed by atoms with Gasteiger partial charge < -0.3 is 4.52 Å². The van der Waals surface area contributed by atoms with Crippen LogP contribution in [0.4, 0.5) is 0 Å². The standard InChI is InChI=1S/C6H3ClN4O/c7-6-8-2-1-4(10-6)5-9-3-12-11-5/h1-3H. The first kappa shape index (κ1) is 7.17. The molecule has 2 aromatic heterocycles. The molecule has 0 bridgehead atoms. The molecule has 0 amide bonds. The number of hydrogen-bond donors (Lipinski definition) is 0. The lowest BCUT2D eigenvalue weighted by Crippen LogP contribution is -1.87. The average molecular weight is 183 g/mol. The zero-order valence-corrected chi connectivity index (χ0v) is 6.56. The molecule has 0 atom stereocenters. The molecule has 0 saturated carbocycles. The van der Waals surface area contributed by atoms with Gasteiger partial charge in [0.2, 0.25) is 17.5 Å². The molecule has 5 nitrogen and oxygen atoms in total. The maximum atomic E-state index is 5.55. The Labute approximate surface area is 72.4 Å². The van der Waals surface area contributed by atoms with E-state index in [0.717, 1.165) is 0 Å². The lowest BCUT2D eigenvalue weighted by Gasteiger charge is -1.91. The minimum Gasteiger partial charge on any atom is -0.342 e. The van der Waals surface area contributed by atoms with E-state index in [1.54, 1.807) is 6.07 Å². The van der Waals surface area contributed by atoms with Crippen LogP contribution in [0, 0.1) is 0 Å². The predicted molar refractivity (Wildman–Crippen MR) is 40.3 cm³/mol. The SMILES string of the molecule is Clc1nccc(-c2ncon2)n1. The first-order valence-electron chi connectivity index (χ1n) is 3.11. The van der Waals surface area contributed by atoms with Gasteiger partial charge in [-0.2, -0.15) is 4.98 Å². The van der Waals surface area contributed by atoms with Gasteiger partial charge in [-0.15, -0.1) is 0 Å². The zero-order valence-electron chi connectivity index (χ0n) is 5.81. The molecule has 2 aromatic rings. The largest absolute Gasteiger partial charge is 0.342 e.